The summed E-state index contributed by atoms with van der Waals surface area (Å²) < 4.78 is 27.6. The predicted octanol–water partition coefficient (Wildman–Crippen LogP) is 3.17. The van der Waals surface area contributed by atoms with Crippen molar-refractivity contribution in [3.63, 3.8) is 0 Å². The quantitative estimate of drug-likeness (QED) is 0.694. The van der Waals surface area contributed by atoms with Crippen molar-refractivity contribution in [1.82, 2.24) is 9.88 Å². The molecule has 0 bridgehead atoms. The van der Waals surface area contributed by atoms with Crippen LogP contribution in [0.25, 0.3) is 0 Å². The molecule has 0 aliphatic carbocycles. The van der Waals surface area contributed by atoms with Crippen molar-refractivity contribution in [2.45, 2.75) is 18.2 Å². The van der Waals surface area contributed by atoms with E-state index in [1.54, 1.807) is 24.4 Å². The maximum Gasteiger partial charge on any atom is 0.261 e. The van der Waals surface area contributed by atoms with Gasteiger partial charge in [-0.1, -0.05) is 25.1 Å². The van der Waals surface area contributed by atoms with Crippen LogP contribution in [0, 0.1) is 0 Å². The van der Waals surface area contributed by atoms with Crippen molar-refractivity contribution >= 4 is 33.9 Å². The van der Waals surface area contributed by atoms with Crippen LogP contribution in [-0.2, 0) is 16.4 Å². The number of aromatic nitrogens is 1. The summed E-state index contributed by atoms with van der Waals surface area (Å²) in [5.41, 5.74) is 1.57. The molecule has 6 nitrogen and oxygen atoms in total. The highest BCUT2D eigenvalue weighted by Crippen LogP contribution is 2.19. The van der Waals surface area contributed by atoms with E-state index in [0.29, 0.717) is 5.69 Å². The summed E-state index contributed by atoms with van der Waals surface area (Å²) in [5.74, 6) is 0.864. The van der Waals surface area contributed by atoms with Gasteiger partial charge in [0.25, 0.3) is 10.0 Å². The average Bonchev–Trinajstić information content (AvgIpc) is 2.69. The SMILES string of the molecule is C=CCN1CCN(c2ccc(NS(=O)(=O)c3ccc(CC)cc3)cn2)CC1.Cl. The molecule has 1 aromatic carbocycles. The Morgan fingerprint density at radius 3 is 2.32 bits per heavy atom. The largest absolute Gasteiger partial charge is 0.354 e. The standard InChI is InChI=1S/C20H26N4O2S.ClH/c1-3-11-23-12-14-24(15-13-23)20-10-7-18(16-21-20)22-27(25,26)19-8-5-17(4-2)6-9-19;/h3,5-10,16,22H,1,4,11-15H2,2H3;1H. The van der Waals surface area contributed by atoms with Gasteiger partial charge >= 0.3 is 0 Å². The minimum Gasteiger partial charge on any atom is -0.354 e. The molecule has 0 spiro atoms. The molecule has 1 fully saturated rings. The van der Waals surface area contributed by atoms with Gasteiger partial charge in [0.15, 0.2) is 0 Å². The molecule has 0 unspecified atom stereocenters. The summed E-state index contributed by atoms with van der Waals surface area (Å²) in [6, 6.07) is 10.6. The third kappa shape index (κ3) is 5.47. The van der Waals surface area contributed by atoms with Crippen LogP contribution in [-0.4, -0.2) is 51.0 Å². The highest BCUT2D eigenvalue weighted by atomic mass is 35.5. The lowest BCUT2D eigenvalue weighted by molar-refractivity contribution is 0.283. The maximum absolute atomic E-state index is 12.5. The van der Waals surface area contributed by atoms with Crippen molar-refractivity contribution in [3.05, 3.63) is 60.8 Å². The summed E-state index contributed by atoms with van der Waals surface area (Å²) in [7, 11) is -3.61. The van der Waals surface area contributed by atoms with E-state index in [4.69, 9.17) is 0 Å². The van der Waals surface area contributed by atoms with Crippen LogP contribution < -0.4 is 9.62 Å². The van der Waals surface area contributed by atoms with Crippen molar-refractivity contribution < 1.29 is 8.42 Å². The molecule has 0 atom stereocenters. The number of anilines is 2. The average molecular weight is 423 g/mol. The minimum absolute atomic E-state index is 0. The van der Waals surface area contributed by atoms with Crippen LogP contribution in [0.1, 0.15) is 12.5 Å². The molecule has 1 aromatic heterocycles. The third-order valence-corrected chi connectivity index (χ3v) is 6.12. The normalized spacial score (nSPS) is 15.0. The molecule has 28 heavy (non-hydrogen) atoms. The number of pyridine rings is 1. The molecule has 1 saturated heterocycles. The fraction of sp³-hybridized carbons (Fsp3) is 0.350. The lowest BCUT2D eigenvalue weighted by atomic mass is 10.2. The topological polar surface area (TPSA) is 65.5 Å². The van der Waals surface area contributed by atoms with E-state index in [0.717, 1.165) is 50.5 Å². The molecule has 0 radical (unpaired) electrons. The van der Waals surface area contributed by atoms with Gasteiger partial charge < -0.3 is 4.90 Å². The van der Waals surface area contributed by atoms with Gasteiger partial charge in [-0.15, -0.1) is 19.0 Å². The molecule has 3 rings (SSSR count). The molecule has 152 valence electrons. The van der Waals surface area contributed by atoms with Crippen LogP contribution in [0.5, 0.6) is 0 Å². The monoisotopic (exact) mass is 422 g/mol. The zero-order valence-electron chi connectivity index (χ0n) is 16.0. The second-order valence-corrected chi connectivity index (χ2v) is 8.27. The number of rotatable bonds is 7. The van der Waals surface area contributed by atoms with Crippen LogP contribution in [0.2, 0.25) is 0 Å². The summed E-state index contributed by atoms with van der Waals surface area (Å²) in [6.45, 7) is 10.5. The maximum atomic E-state index is 12.5. The van der Waals surface area contributed by atoms with Gasteiger partial charge in [-0.05, 0) is 36.2 Å². The van der Waals surface area contributed by atoms with Crippen molar-refractivity contribution in [2.24, 2.45) is 0 Å². The molecule has 1 N–H and O–H groups in total. The highest BCUT2D eigenvalue weighted by molar-refractivity contribution is 7.92. The molecule has 1 aliphatic heterocycles. The van der Waals surface area contributed by atoms with Gasteiger partial charge in [-0.2, -0.15) is 0 Å². The summed E-state index contributed by atoms with van der Waals surface area (Å²) in [6.07, 6.45) is 4.37. The predicted molar refractivity (Wildman–Crippen MR) is 117 cm³/mol. The van der Waals surface area contributed by atoms with Gasteiger partial charge in [0.1, 0.15) is 5.82 Å². The van der Waals surface area contributed by atoms with E-state index in [-0.39, 0.29) is 17.3 Å². The Bertz CT molecular complexity index is 862. The molecule has 0 saturated carbocycles. The summed E-state index contributed by atoms with van der Waals surface area (Å²) in [4.78, 5) is 9.24. The van der Waals surface area contributed by atoms with E-state index in [9.17, 15) is 8.42 Å². The lowest BCUT2D eigenvalue weighted by Crippen LogP contribution is -2.46. The molecule has 2 heterocycles. The number of nitrogens with one attached hydrogen (secondary N) is 1. The Morgan fingerprint density at radius 2 is 1.79 bits per heavy atom. The second kappa shape index (κ2) is 9.91. The zero-order chi connectivity index (χ0) is 19.3. The van der Waals surface area contributed by atoms with E-state index in [1.807, 2.05) is 31.2 Å². The van der Waals surface area contributed by atoms with E-state index in [1.165, 1.54) is 0 Å². The number of sulfonamides is 1. The van der Waals surface area contributed by atoms with Crippen molar-refractivity contribution in [2.75, 3.05) is 42.3 Å². The fourth-order valence-electron chi connectivity index (χ4n) is 3.09. The number of halogens is 1. The number of piperazine rings is 1. The Balaban J connectivity index is 0.00000280. The number of hydrogen-bond acceptors (Lipinski definition) is 5. The van der Waals surface area contributed by atoms with E-state index >= 15 is 0 Å². The molecular weight excluding hydrogens is 396 g/mol. The Morgan fingerprint density at radius 1 is 1.11 bits per heavy atom. The number of aryl methyl sites for hydroxylation is 1. The number of nitrogens with zero attached hydrogens (tertiary/aromatic N) is 3. The fourth-order valence-corrected chi connectivity index (χ4v) is 4.14. The van der Waals surface area contributed by atoms with Gasteiger partial charge in [0, 0.05) is 32.7 Å². The van der Waals surface area contributed by atoms with Crippen LogP contribution in [0.15, 0.2) is 60.1 Å². The Labute approximate surface area is 173 Å². The Kier molecular flexibility index (Phi) is 7.86. The van der Waals surface area contributed by atoms with Crippen LogP contribution >= 0.6 is 12.4 Å². The van der Waals surface area contributed by atoms with Gasteiger partial charge in [-0.3, -0.25) is 9.62 Å². The first kappa shape index (κ1) is 22.2. The molecule has 1 aliphatic rings. The third-order valence-electron chi connectivity index (χ3n) is 4.73. The van der Waals surface area contributed by atoms with Crippen molar-refractivity contribution in [1.29, 1.82) is 0 Å². The first-order valence-electron chi connectivity index (χ1n) is 9.18. The summed E-state index contributed by atoms with van der Waals surface area (Å²) in [5, 5.41) is 0. The molecule has 8 heteroatoms. The lowest BCUT2D eigenvalue weighted by Gasteiger charge is -2.34. The Hall–Kier alpha value is -2.09. The minimum atomic E-state index is -3.61. The summed E-state index contributed by atoms with van der Waals surface area (Å²) >= 11 is 0. The smallest absolute Gasteiger partial charge is 0.261 e. The van der Waals surface area contributed by atoms with E-state index < -0.39 is 10.0 Å². The molecule has 2 aromatic rings. The first-order chi connectivity index (χ1) is 13.0. The van der Waals surface area contributed by atoms with Gasteiger partial charge in [0.2, 0.25) is 0 Å². The number of benzene rings is 1. The zero-order valence-corrected chi connectivity index (χ0v) is 17.7. The molecular formula is C20H27ClN4O2S. The second-order valence-electron chi connectivity index (χ2n) is 6.58. The van der Waals surface area contributed by atoms with Gasteiger partial charge in [0.05, 0.1) is 16.8 Å². The van der Waals surface area contributed by atoms with Crippen LogP contribution in [0.3, 0.4) is 0 Å². The highest BCUT2D eigenvalue weighted by Gasteiger charge is 2.18. The van der Waals surface area contributed by atoms with E-state index in [2.05, 4.69) is 26.1 Å². The van der Waals surface area contributed by atoms with Gasteiger partial charge in [-0.25, -0.2) is 13.4 Å². The van der Waals surface area contributed by atoms with Crippen molar-refractivity contribution in [3.8, 4) is 0 Å². The number of hydrogen-bond donors (Lipinski definition) is 1. The molecule has 0 amide bonds. The first-order valence-corrected chi connectivity index (χ1v) is 10.7. The van der Waals surface area contributed by atoms with Crippen LogP contribution in [0.4, 0.5) is 11.5 Å².